The summed E-state index contributed by atoms with van der Waals surface area (Å²) in [5.74, 6) is 0. The van der Waals surface area contributed by atoms with Gasteiger partial charge < -0.3 is 0 Å². The monoisotopic (exact) mass is 267 g/mol. The van der Waals surface area contributed by atoms with E-state index in [1.807, 2.05) is 6.07 Å². The molecule has 1 aromatic rings. The highest BCUT2D eigenvalue weighted by molar-refractivity contribution is 7.90. The summed E-state index contributed by atoms with van der Waals surface area (Å²) in [6.45, 7) is 5.30. The number of hydrogen-bond acceptors (Lipinski definition) is 3. The molecule has 0 heterocycles. The van der Waals surface area contributed by atoms with Crippen molar-refractivity contribution in [2.45, 2.75) is 32.7 Å². The molecule has 0 aliphatic heterocycles. The van der Waals surface area contributed by atoms with Crippen molar-refractivity contribution in [1.82, 2.24) is 4.72 Å². The second-order valence-corrected chi connectivity index (χ2v) is 6.40. The molecule has 0 aromatic heterocycles. The molecule has 98 valence electrons. The van der Waals surface area contributed by atoms with Crippen LogP contribution in [0.5, 0.6) is 0 Å². The molecule has 0 radical (unpaired) electrons. The van der Waals surface area contributed by atoms with E-state index in [4.69, 9.17) is 5.26 Å². The Labute approximate surface area is 108 Å². The predicted molar refractivity (Wildman–Crippen MR) is 71.2 cm³/mol. The number of benzene rings is 1. The summed E-state index contributed by atoms with van der Waals surface area (Å²) < 4.78 is 28.4. The molecule has 5 nitrogen and oxygen atoms in total. The van der Waals surface area contributed by atoms with Gasteiger partial charge in [0.2, 0.25) is 0 Å². The van der Waals surface area contributed by atoms with Crippen LogP contribution >= 0.6 is 0 Å². The van der Waals surface area contributed by atoms with Gasteiger partial charge >= 0.3 is 0 Å². The van der Waals surface area contributed by atoms with E-state index >= 15 is 0 Å². The Morgan fingerprint density at radius 2 is 1.78 bits per heavy atom. The van der Waals surface area contributed by atoms with Crippen LogP contribution < -0.4 is 9.44 Å². The molecule has 0 atom stereocenters. The fraction of sp³-hybridized carbons (Fsp3) is 0.417. The first-order chi connectivity index (χ1) is 8.22. The highest BCUT2D eigenvalue weighted by Gasteiger charge is 2.19. The molecule has 0 amide bonds. The van der Waals surface area contributed by atoms with Gasteiger partial charge in [-0.3, -0.25) is 4.72 Å². The molecule has 0 aliphatic rings. The van der Waals surface area contributed by atoms with E-state index in [0.29, 0.717) is 12.1 Å². The van der Waals surface area contributed by atoms with Gasteiger partial charge in [-0.15, -0.1) is 0 Å². The van der Waals surface area contributed by atoms with E-state index < -0.39 is 15.7 Å². The second-order valence-electron chi connectivity index (χ2n) is 4.99. The van der Waals surface area contributed by atoms with Gasteiger partial charge in [-0.1, -0.05) is 12.1 Å². The number of nitriles is 1. The Hall–Kier alpha value is -1.58. The Morgan fingerprint density at radius 3 is 2.22 bits per heavy atom. The predicted octanol–water partition coefficient (Wildman–Crippen LogP) is 1.80. The molecule has 0 bridgehead atoms. The zero-order chi connectivity index (χ0) is 13.8. The van der Waals surface area contributed by atoms with Crippen molar-refractivity contribution in [2.24, 2.45) is 0 Å². The lowest BCUT2D eigenvalue weighted by atomic mass is 10.1. The van der Waals surface area contributed by atoms with E-state index in [1.165, 1.54) is 0 Å². The minimum atomic E-state index is -3.58. The maximum atomic E-state index is 11.8. The van der Waals surface area contributed by atoms with Crippen LogP contribution in [0, 0.1) is 11.3 Å². The highest BCUT2D eigenvalue weighted by atomic mass is 32.2. The van der Waals surface area contributed by atoms with Gasteiger partial charge in [-0.2, -0.15) is 18.4 Å². The van der Waals surface area contributed by atoms with E-state index in [9.17, 15) is 8.42 Å². The standard InChI is InChI=1S/C12H17N3O2S/c1-12(2,3)15-18(16,17)14-11-6-4-10(5-7-11)8-9-13/h4-7,14-15H,8H2,1-3H3. The number of anilines is 1. The van der Waals surface area contributed by atoms with Crippen LogP contribution in [0.1, 0.15) is 26.3 Å². The Morgan fingerprint density at radius 1 is 1.22 bits per heavy atom. The number of rotatable bonds is 4. The summed E-state index contributed by atoms with van der Waals surface area (Å²) in [7, 11) is -3.58. The molecule has 6 heteroatoms. The van der Waals surface area contributed by atoms with Gasteiger partial charge in [0.1, 0.15) is 0 Å². The third-order valence-corrected chi connectivity index (χ3v) is 3.32. The lowest BCUT2D eigenvalue weighted by molar-refractivity contribution is 0.494. The normalized spacial score (nSPS) is 11.9. The van der Waals surface area contributed by atoms with Crippen LogP contribution in [-0.2, 0) is 16.6 Å². The van der Waals surface area contributed by atoms with Crippen LogP contribution in [0.15, 0.2) is 24.3 Å². The molecule has 1 aromatic carbocycles. The Balaban J connectivity index is 2.76. The molecule has 0 saturated carbocycles. The van der Waals surface area contributed by atoms with Crippen LogP contribution in [0.4, 0.5) is 5.69 Å². The van der Waals surface area contributed by atoms with E-state index in [1.54, 1.807) is 45.0 Å². The molecular weight excluding hydrogens is 250 g/mol. The van der Waals surface area contributed by atoms with Crippen molar-refractivity contribution in [3.05, 3.63) is 29.8 Å². The van der Waals surface area contributed by atoms with Crippen LogP contribution in [0.25, 0.3) is 0 Å². The lowest BCUT2D eigenvalue weighted by Gasteiger charge is -2.20. The number of nitrogens with one attached hydrogen (secondary N) is 2. The first-order valence-electron chi connectivity index (χ1n) is 5.49. The molecule has 0 saturated heterocycles. The topological polar surface area (TPSA) is 82.0 Å². The molecule has 0 spiro atoms. The average molecular weight is 267 g/mol. The first-order valence-corrected chi connectivity index (χ1v) is 6.98. The smallest absolute Gasteiger partial charge is 0.271 e. The van der Waals surface area contributed by atoms with Gasteiger partial charge in [-0.05, 0) is 38.5 Å². The maximum Gasteiger partial charge on any atom is 0.299 e. The van der Waals surface area contributed by atoms with Crippen molar-refractivity contribution in [3.8, 4) is 6.07 Å². The van der Waals surface area contributed by atoms with Crippen molar-refractivity contribution < 1.29 is 8.42 Å². The third-order valence-electron chi connectivity index (χ3n) is 1.93. The molecule has 0 fully saturated rings. The molecule has 18 heavy (non-hydrogen) atoms. The summed E-state index contributed by atoms with van der Waals surface area (Å²) >= 11 is 0. The lowest BCUT2D eigenvalue weighted by Crippen LogP contribution is -2.43. The van der Waals surface area contributed by atoms with Gasteiger partial charge in [0.15, 0.2) is 0 Å². The van der Waals surface area contributed by atoms with E-state index in [0.717, 1.165) is 5.56 Å². The van der Waals surface area contributed by atoms with Crippen molar-refractivity contribution in [2.75, 3.05) is 4.72 Å². The molecule has 1 rings (SSSR count). The fourth-order valence-electron chi connectivity index (χ4n) is 1.37. The highest BCUT2D eigenvalue weighted by Crippen LogP contribution is 2.12. The Kier molecular flexibility index (Phi) is 4.33. The fourth-order valence-corrected chi connectivity index (χ4v) is 2.67. The van der Waals surface area contributed by atoms with Gasteiger partial charge in [-0.25, -0.2) is 0 Å². The molecular formula is C12H17N3O2S. The van der Waals surface area contributed by atoms with Crippen molar-refractivity contribution >= 4 is 15.9 Å². The van der Waals surface area contributed by atoms with E-state index in [-0.39, 0.29) is 0 Å². The average Bonchev–Trinajstić information content (AvgIpc) is 2.17. The van der Waals surface area contributed by atoms with Gasteiger partial charge in [0, 0.05) is 11.2 Å². The largest absolute Gasteiger partial charge is 0.299 e. The first kappa shape index (κ1) is 14.5. The van der Waals surface area contributed by atoms with Gasteiger partial charge in [0.25, 0.3) is 10.2 Å². The van der Waals surface area contributed by atoms with Gasteiger partial charge in [0.05, 0.1) is 12.5 Å². The van der Waals surface area contributed by atoms with Crippen molar-refractivity contribution in [1.29, 1.82) is 5.26 Å². The Bertz CT molecular complexity index is 536. The van der Waals surface area contributed by atoms with E-state index in [2.05, 4.69) is 9.44 Å². The maximum absolute atomic E-state index is 11.8. The number of nitrogens with zero attached hydrogens (tertiary/aromatic N) is 1. The number of hydrogen-bond donors (Lipinski definition) is 2. The summed E-state index contributed by atoms with van der Waals surface area (Å²) in [6.07, 6.45) is 0.313. The molecule has 0 unspecified atom stereocenters. The summed E-state index contributed by atoms with van der Waals surface area (Å²) in [6, 6.07) is 8.74. The zero-order valence-corrected chi connectivity index (χ0v) is 11.5. The molecule has 2 N–H and O–H groups in total. The second kappa shape index (κ2) is 5.38. The van der Waals surface area contributed by atoms with Crippen LogP contribution in [0.3, 0.4) is 0 Å². The third kappa shape index (κ3) is 5.17. The van der Waals surface area contributed by atoms with Crippen LogP contribution in [-0.4, -0.2) is 14.0 Å². The summed E-state index contributed by atoms with van der Waals surface area (Å²) in [5, 5.41) is 8.53. The van der Waals surface area contributed by atoms with Crippen molar-refractivity contribution in [3.63, 3.8) is 0 Å². The SMILES string of the molecule is CC(C)(C)NS(=O)(=O)Nc1ccc(CC#N)cc1. The zero-order valence-electron chi connectivity index (χ0n) is 10.7. The molecule has 0 aliphatic carbocycles. The van der Waals surface area contributed by atoms with Crippen LogP contribution in [0.2, 0.25) is 0 Å². The minimum Gasteiger partial charge on any atom is -0.271 e. The summed E-state index contributed by atoms with van der Waals surface area (Å²) in [5.41, 5.74) is 0.782. The quantitative estimate of drug-likeness (QED) is 0.872. The minimum absolute atomic E-state index is 0.313. The summed E-state index contributed by atoms with van der Waals surface area (Å²) in [4.78, 5) is 0.